The van der Waals surface area contributed by atoms with E-state index in [0.29, 0.717) is 43.6 Å². The topological polar surface area (TPSA) is 97.6 Å². The highest BCUT2D eigenvalue weighted by Crippen LogP contribution is 2.38. The lowest BCUT2D eigenvalue weighted by atomic mass is 9.95. The Kier molecular flexibility index (Phi) is 8.46. The smallest absolute Gasteiger partial charge is 0.338 e. The number of carbonyl (C=O) groups is 1. The molecule has 0 spiro atoms. The van der Waals surface area contributed by atoms with Crippen molar-refractivity contribution in [2.45, 2.75) is 19.9 Å². The average Bonchev–Trinajstić information content (AvgIpc) is 3.21. The van der Waals surface area contributed by atoms with Crippen molar-refractivity contribution in [2.75, 3.05) is 35.0 Å². The minimum Gasteiger partial charge on any atom is -0.497 e. The summed E-state index contributed by atoms with van der Waals surface area (Å²) in [6.45, 7) is 3.66. The summed E-state index contributed by atoms with van der Waals surface area (Å²) in [5, 5.41) is 0. The van der Waals surface area contributed by atoms with E-state index >= 15 is 0 Å². The van der Waals surface area contributed by atoms with Crippen molar-refractivity contribution in [1.29, 1.82) is 0 Å². The number of thiazole rings is 1. The number of esters is 1. The van der Waals surface area contributed by atoms with E-state index in [1.807, 2.05) is 6.07 Å². The summed E-state index contributed by atoms with van der Waals surface area (Å²) in [6.07, 6.45) is 1.78. The van der Waals surface area contributed by atoms with Crippen LogP contribution in [0.1, 0.15) is 31.0 Å². The number of allylic oxidation sites excluding steroid dienone is 1. The fraction of sp³-hybridized carbons (Fsp3) is 0.296. The molecule has 1 aliphatic heterocycles. The van der Waals surface area contributed by atoms with Crippen molar-refractivity contribution in [3.63, 3.8) is 0 Å². The summed E-state index contributed by atoms with van der Waals surface area (Å²) < 4.78 is 30.1. The molecular weight excluding hydrogens is 623 g/mol. The lowest BCUT2D eigenvalue weighted by Crippen LogP contribution is -2.40. The normalized spacial score (nSPS) is 15.0. The lowest BCUT2D eigenvalue weighted by Gasteiger charge is -2.26. The number of fused-ring (bicyclic) bond motifs is 1. The monoisotopic (exact) mass is 650 g/mol. The molecule has 200 valence electrons. The van der Waals surface area contributed by atoms with Gasteiger partial charge in [-0.2, -0.15) is 0 Å². The summed E-state index contributed by atoms with van der Waals surface area (Å²) in [5.74, 6) is 1.68. The maximum atomic E-state index is 13.9. The Morgan fingerprint density at radius 3 is 2.45 bits per heavy atom. The number of aromatic nitrogens is 1. The first-order chi connectivity index (χ1) is 18.3. The second-order valence-electron chi connectivity index (χ2n) is 8.15. The molecule has 38 heavy (non-hydrogen) atoms. The third kappa shape index (κ3) is 5.04. The molecule has 0 unspecified atom stereocenters. The van der Waals surface area contributed by atoms with Crippen molar-refractivity contribution < 1.29 is 28.5 Å². The predicted molar refractivity (Wildman–Crippen MR) is 152 cm³/mol. The van der Waals surface area contributed by atoms with E-state index in [9.17, 15) is 9.59 Å². The number of halogens is 1. The molecule has 2 aromatic carbocycles. The molecule has 0 fully saturated rings. The van der Waals surface area contributed by atoms with Crippen molar-refractivity contribution >= 4 is 46.0 Å². The fourth-order valence-corrected chi connectivity index (χ4v) is 6.19. The molecule has 2 heterocycles. The summed E-state index contributed by atoms with van der Waals surface area (Å²) in [4.78, 5) is 32.1. The molecule has 3 aromatic rings. The van der Waals surface area contributed by atoms with Crippen LogP contribution < -0.4 is 33.8 Å². The number of benzene rings is 2. The SMILES string of the molecule is CCOC(=O)C1=C(C)N=c2s/c(=C\c3cc(I)c(OC)c(OC)c3)c(=O)n2[C@H]1c1ccc(OC)cc1OC. The Balaban J connectivity index is 1.98. The van der Waals surface area contributed by atoms with Crippen molar-refractivity contribution in [1.82, 2.24) is 4.57 Å². The fourth-order valence-electron chi connectivity index (χ4n) is 4.30. The van der Waals surface area contributed by atoms with Gasteiger partial charge in [-0.25, -0.2) is 9.79 Å². The van der Waals surface area contributed by atoms with E-state index in [-0.39, 0.29) is 17.7 Å². The van der Waals surface area contributed by atoms with E-state index < -0.39 is 12.0 Å². The van der Waals surface area contributed by atoms with E-state index in [1.54, 1.807) is 65.5 Å². The van der Waals surface area contributed by atoms with Gasteiger partial charge < -0.3 is 23.7 Å². The molecule has 11 heteroatoms. The van der Waals surface area contributed by atoms with Gasteiger partial charge >= 0.3 is 5.97 Å². The Bertz CT molecular complexity index is 1610. The molecule has 0 N–H and O–H groups in total. The van der Waals surface area contributed by atoms with Gasteiger partial charge in [0.15, 0.2) is 16.3 Å². The van der Waals surface area contributed by atoms with Crippen LogP contribution in [-0.2, 0) is 9.53 Å². The van der Waals surface area contributed by atoms with E-state index in [0.717, 1.165) is 9.13 Å². The number of hydrogen-bond acceptors (Lipinski definition) is 9. The molecule has 0 radical (unpaired) electrons. The van der Waals surface area contributed by atoms with E-state index in [2.05, 4.69) is 27.6 Å². The second-order valence-corrected chi connectivity index (χ2v) is 10.3. The van der Waals surface area contributed by atoms with Crippen LogP contribution in [0, 0.1) is 3.57 Å². The average molecular weight is 650 g/mol. The van der Waals surface area contributed by atoms with Crippen LogP contribution in [-0.4, -0.2) is 45.6 Å². The van der Waals surface area contributed by atoms with Gasteiger partial charge in [-0.15, -0.1) is 0 Å². The molecule has 9 nitrogen and oxygen atoms in total. The Morgan fingerprint density at radius 1 is 1.08 bits per heavy atom. The highest BCUT2D eigenvalue weighted by molar-refractivity contribution is 14.1. The van der Waals surface area contributed by atoms with E-state index in [1.165, 1.54) is 23.0 Å². The summed E-state index contributed by atoms with van der Waals surface area (Å²) in [7, 11) is 6.23. The molecule has 1 atom stereocenters. The second kappa shape index (κ2) is 11.6. The highest BCUT2D eigenvalue weighted by Gasteiger charge is 2.35. The van der Waals surface area contributed by atoms with Gasteiger partial charge in [-0.05, 0) is 72.3 Å². The van der Waals surface area contributed by atoms with Gasteiger partial charge in [0.25, 0.3) is 5.56 Å². The van der Waals surface area contributed by atoms with Gasteiger partial charge in [0.05, 0.1) is 54.4 Å². The quantitative estimate of drug-likeness (QED) is 0.272. The van der Waals surface area contributed by atoms with Crippen LogP contribution in [0.15, 0.2) is 51.4 Å². The molecule has 0 aliphatic carbocycles. The van der Waals surface area contributed by atoms with E-state index in [4.69, 9.17) is 23.7 Å². The summed E-state index contributed by atoms with van der Waals surface area (Å²) >= 11 is 3.40. The first-order valence-electron chi connectivity index (χ1n) is 11.6. The van der Waals surface area contributed by atoms with Crippen LogP contribution in [0.4, 0.5) is 0 Å². The number of carbonyl (C=O) groups excluding carboxylic acids is 1. The molecular formula is C27H27IN2O7S. The maximum Gasteiger partial charge on any atom is 0.338 e. The summed E-state index contributed by atoms with van der Waals surface area (Å²) in [5.41, 5.74) is 1.82. The van der Waals surface area contributed by atoms with Crippen LogP contribution in [0.2, 0.25) is 0 Å². The minimum absolute atomic E-state index is 0.185. The molecule has 0 saturated heterocycles. The number of hydrogen-bond donors (Lipinski definition) is 0. The molecule has 4 rings (SSSR count). The van der Waals surface area contributed by atoms with Crippen LogP contribution >= 0.6 is 33.9 Å². The highest BCUT2D eigenvalue weighted by atomic mass is 127. The van der Waals surface area contributed by atoms with Crippen molar-refractivity contribution in [3.8, 4) is 23.0 Å². The molecule has 1 aliphatic rings. The standard InChI is InChI=1S/C27H27IN2O7S/c1-7-37-26(32)22-14(2)29-27-30(23(22)17-9-8-16(33-3)13-19(17)34-4)25(31)21(38-27)12-15-10-18(28)24(36-6)20(11-15)35-5/h8-13,23H,7H2,1-6H3/b21-12-/t23-/m0/s1. The zero-order valence-electron chi connectivity index (χ0n) is 21.8. The van der Waals surface area contributed by atoms with Gasteiger partial charge in [0.2, 0.25) is 0 Å². The van der Waals surface area contributed by atoms with Gasteiger partial charge in [-0.1, -0.05) is 11.3 Å². The lowest BCUT2D eigenvalue weighted by molar-refractivity contribution is -0.139. The summed E-state index contributed by atoms with van der Waals surface area (Å²) in [6, 6.07) is 8.16. The van der Waals surface area contributed by atoms with Crippen LogP contribution in [0.25, 0.3) is 6.08 Å². The molecule has 0 saturated carbocycles. The number of ether oxygens (including phenoxy) is 5. The minimum atomic E-state index is -0.807. The number of nitrogens with zero attached hydrogens (tertiary/aromatic N) is 2. The number of rotatable bonds is 8. The third-order valence-corrected chi connectivity index (χ3v) is 7.79. The zero-order valence-corrected chi connectivity index (χ0v) is 24.8. The van der Waals surface area contributed by atoms with Crippen molar-refractivity contribution in [2.24, 2.45) is 4.99 Å². The predicted octanol–water partition coefficient (Wildman–Crippen LogP) is 3.44. The zero-order chi connectivity index (χ0) is 27.6. The first kappa shape index (κ1) is 27.7. The maximum absolute atomic E-state index is 13.9. The first-order valence-corrected chi connectivity index (χ1v) is 13.5. The largest absolute Gasteiger partial charge is 0.497 e. The third-order valence-electron chi connectivity index (χ3n) is 6.01. The van der Waals surface area contributed by atoms with Gasteiger partial charge in [0, 0.05) is 11.6 Å². The van der Waals surface area contributed by atoms with Crippen molar-refractivity contribution in [3.05, 3.63) is 76.0 Å². The van der Waals surface area contributed by atoms with Crippen LogP contribution in [0.3, 0.4) is 0 Å². The Labute approximate surface area is 237 Å². The van der Waals surface area contributed by atoms with Crippen LogP contribution in [0.5, 0.6) is 23.0 Å². The Hall–Kier alpha value is -3.32. The van der Waals surface area contributed by atoms with Gasteiger partial charge in [0.1, 0.15) is 17.5 Å². The Morgan fingerprint density at radius 2 is 1.82 bits per heavy atom. The number of methoxy groups -OCH3 is 4. The molecule has 1 aromatic heterocycles. The molecule has 0 bridgehead atoms. The van der Waals surface area contributed by atoms with Gasteiger partial charge in [-0.3, -0.25) is 9.36 Å². The molecule has 0 amide bonds.